The monoisotopic (exact) mass is 196 g/mol. The molecule has 0 spiro atoms. The van der Waals surface area contributed by atoms with Gasteiger partial charge in [-0.25, -0.2) is 4.39 Å². The van der Waals surface area contributed by atoms with E-state index in [0.29, 0.717) is 0 Å². The number of pyridine rings is 1. The minimum absolute atomic E-state index is 0.147. The van der Waals surface area contributed by atoms with Crippen LogP contribution in [0.4, 0.5) is 4.39 Å². The first kappa shape index (κ1) is 10.6. The van der Waals surface area contributed by atoms with Crippen LogP contribution in [0.5, 0.6) is 0 Å². The van der Waals surface area contributed by atoms with Crippen molar-refractivity contribution in [1.29, 1.82) is 5.26 Å². The molecule has 74 valence electrons. The number of halogens is 1. The van der Waals surface area contributed by atoms with Gasteiger partial charge in [-0.2, -0.15) is 5.26 Å². The molecule has 2 N–H and O–H groups in total. The molecule has 0 saturated heterocycles. The quantitative estimate of drug-likeness (QED) is 0.739. The standard InChI is InChI=1S/C9H9FN2O2/c10-6-1-2-7(12-5-6)9(14)8(13)3-4-11/h1-2,5,8-9,13-14H,3H2. The van der Waals surface area contributed by atoms with E-state index in [1.54, 1.807) is 6.07 Å². The van der Waals surface area contributed by atoms with Crippen molar-refractivity contribution in [1.82, 2.24) is 4.98 Å². The molecule has 14 heavy (non-hydrogen) atoms. The predicted molar refractivity (Wildman–Crippen MR) is 45.4 cm³/mol. The third-order valence-electron chi connectivity index (χ3n) is 1.72. The molecule has 1 rings (SSSR count). The Balaban J connectivity index is 2.74. The fraction of sp³-hybridized carbons (Fsp3) is 0.333. The minimum atomic E-state index is -1.25. The smallest absolute Gasteiger partial charge is 0.141 e. The average Bonchev–Trinajstić information content (AvgIpc) is 2.18. The first-order valence-electron chi connectivity index (χ1n) is 3.99. The zero-order chi connectivity index (χ0) is 10.6. The van der Waals surface area contributed by atoms with Gasteiger partial charge in [-0.05, 0) is 12.1 Å². The van der Waals surface area contributed by atoms with Gasteiger partial charge in [-0.15, -0.1) is 0 Å². The molecule has 0 aliphatic carbocycles. The second-order valence-corrected chi connectivity index (χ2v) is 2.78. The summed E-state index contributed by atoms with van der Waals surface area (Å²) >= 11 is 0. The Kier molecular flexibility index (Phi) is 3.51. The summed E-state index contributed by atoms with van der Waals surface area (Å²) in [4.78, 5) is 3.59. The third-order valence-corrected chi connectivity index (χ3v) is 1.72. The van der Waals surface area contributed by atoms with Crippen molar-refractivity contribution in [3.63, 3.8) is 0 Å². The Bertz CT molecular complexity index is 334. The van der Waals surface area contributed by atoms with E-state index >= 15 is 0 Å². The highest BCUT2D eigenvalue weighted by atomic mass is 19.1. The molecule has 5 heteroatoms. The normalized spacial score (nSPS) is 14.4. The first-order valence-corrected chi connectivity index (χ1v) is 3.99. The van der Waals surface area contributed by atoms with Crippen LogP contribution in [0.15, 0.2) is 18.3 Å². The maximum Gasteiger partial charge on any atom is 0.141 e. The third kappa shape index (κ3) is 2.49. The van der Waals surface area contributed by atoms with Crippen LogP contribution in [-0.4, -0.2) is 21.3 Å². The molecule has 1 aromatic heterocycles. The van der Waals surface area contributed by atoms with Crippen LogP contribution in [0.1, 0.15) is 18.2 Å². The summed E-state index contributed by atoms with van der Waals surface area (Å²) in [5.74, 6) is -0.518. The number of nitriles is 1. The maximum absolute atomic E-state index is 12.4. The van der Waals surface area contributed by atoms with E-state index < -0.39 is 18.0 Å². The van der Waals surface area contributed by atoms with E-state index in [2.05, 4.69) is 4.98 Å². The molecule has 0 aromatic carbocycles. The van der Waals surface area contributed by atoms with Crippen LogP contribution in [0.3, 0.4) is 0 Å². The van der Waals surface area contributed by atoms with E-state index in [-0.39, 0.29) is 12.1 Å². The summed E-state index contributed by atoms with van der Waals surface area (Å²) in [7, 11) is 0. The van der Waals surface area contributed by atoms with Crippen molar-refractivity contribution < 1.29 is 14.6 Å². The molecule has 0 saturated carbocycles. The summed E-state index contributed by atoms with van der Waals surface area (Å²) < 4.78 is 12.4. The Hall–Kier alpha value is -1.51. The van der Waals surface area contributed by atoms with Crippen molar-refractivity contribution in [3.8, 4) is 6.07 Å². The Morgan fingerprint density at radius 3 is 2.71 bits per heavy atom. The van der Waals surface area contributed by atoms with Crippen LogP contribution in [0.2, 0.25) is 0 Å². The van der Waals surface area contributed by atoms with Gasteiger partial charge < -0.3 is 10.2 Å². The zero-order valence-electron chi connectivity index (χ0n) is 7.26. The molecular formula is C9H9FN2O2. The van der Waals surface area contributed by atoms with Gasteiger partial charge in [0.1, 0.15) is 11.9 Å². The lowest BCUT2D eigenvalue weighted by atomic mass is 10.1. The summed E-state index contributed by atoms with van der Waals surface area (Å²) in [5, 5.41) is 26.9. The fourth-order valence-electron chi connectivity index (χ4n) is 0.964. The van der Waals surface area contributed by atoms with E-state index in [4.69, 9.17) is 5.26 Å². The summed E-state index contributed by atoms with van der Waals surface area (Å²) in [5.41, 5.74) is 0.147. The number of nitrogens with zero attached hydrogens (tertiary/aromatic N) is 2. The lowest BCUT2D eigenvalue weighted by Crippen LogP contribution is -2.18. The van der Waals surface area contributed by atoms with E-state index in [1.807, 2.05) is 0 Å². The molecule has 0 fully saturated rings. The minimum Gasteiger partial charge on any atom is -0.389 e. The molecular weight excluding hydrogens is 187 g/mol. The van der Waals surface area contributed by atoms with Gasteiger partial charge in [0, 0.05) is 0 Å². The van der Waals surface area contributed by atoms with Crippen molar-refractivity contribution in [2.45, 2.75) is 18.6 Å². The largest absolute Gasteiger partial charge is 0.389 e. The number of aliphatic hydroxyl groups is 2. The summed E-state index contributed by atoms with van der Waals surface area (Å²) in [6.45, 7) is 0. The Morgan fingerprint density at radius 2 is 2.21 bits per heavy atom. The molecule has 0 radical (unpaired) electrons. The van der Waals surface area contributed by atoms with Crippen LogP contribution in [0.25, 0.3) is 0 Å². The lowest BCUT2D eigenvalue weighted by Gasteiger charge is -2.13. The molecule has 0 aliphatic heterocycles. The topological polar surface area (TPSA) is 77.1 Å². The molecule has 1 heterocycles. The van der Waals surface area contributed by atoms with Crippen molar-refractivity contribution >= 4 is 0 Å². The molecule has 0 bridgehead atoms. The number of rotatable bonds is 3. The van der Waals surface area contributed by atoms with Gasteiger partial charge >= 0.3 is 0 Å². The maximum atomic E-state index is 12.4. The van der Waals surface area contributed by atoms with E-state index in [9.17, 15) is 14.6 Å². The second-order valence-electron chi connectivity index (χ2n) is 2.78. The van der Waals surface area contributed by atoms with Crippen molar-refractivity contribution in [2.24, 2.45) is 0 Å². The van der Waals surface area contributed by atoms with Gasteiger partial charge in [0.15, 0.2) is 0 Å². The van der Waals surface area contributed by atoms with Crippen LogP contribution in [-0.2, 0) is 0 Å². The number of aromatic nitrogens is 1. The van der Waals surface area contributed by atoms with Gasteiger partial charge in [-0.3, -0.25) is 4.98 Å². The molecule has 2 atom stereocenters. The van der Waals surface area contributed by atoms with Crippen molar-refractivity contribution in [2.75, 3.05) is 0 Å². The molecule has 1 aromatic rings. The van der Waals surface area contributed by atoms with Crippen molar-refractivity contribution in [3.05, 3.63) is 29.8 Å². The van der Waals surface area contributed by atoms with E-state index in [1.165, 1.54) is 6.07 Å². The van der Waals surface area contributed by atoms with Gasteiger partial charge in [0.25, 0.3) is 0 Å². The van der Waals surface area contributed by atoms with Gasteiger partial charge in [0.05, 0.1) is 30.5 Å². The second kappa shape index (κ2) is 4.65. The molecule has 0 amide bonds. The fourth-order valence-corrected chi connectivity index (χ4v) is 0.964. The lowest BCUT2D eigenvalue weighted by molar-refractivity contribution is 0.0189. The Morgan fingerprint density at radius 1 is 1.50 bits per heavy atom. The average molecular weight is 196 g/mol. The Labute approximate surface area is 80.3 Å². The highest BCUT2D eigenvalue weighted by Gasteiger charge is 2.18. The van der Waals surface area contributed by atoms with Gasteiger partial charge in [-0.1, -0.05) is 0 Å². The molecule has 0 aliphatic rings. The highest BCUT2D eigenvalue weighted by molar-refractivity contribution is 5.09. The highest BCUT2D eigenvalue weighted by Crippen LogP contribution is 2.16. The van der Waals surface area contributed by atoms with Gasteiger partial charge in [0.2, 0.25) is 0 Å². The predicted octanol–water partition coefficient (Wildman–Crippen LogP) is 0.529. The van der Waals surface area contributed by atoms with E-state index in [0.717, 1.165) is 12.3 Å². The van der Waals surface area contributed by atoms with Crippen LogP contribution >= 0.6 is 0 Å². The molecule has 4 nitrogen and oxygen atoms in total. The van der Waals surface area contributed by atoms with Crippen LogP contribution in [0, 0.1) is 17.1 Å². The number of hydrogen-bond donors (Lipinski definition) is 2. The first-order chi connectivity index (χ1) is 6.65. The van der Waals surface area contributed by atoms with Crippen LogP contribution < -0.4 is 0 Å². The summed E-state index contributed by atoms with van der Waals surface area (Å²) in [6.07, 6.45) is -1.70. The zero-order valence-corrected chi connectivity index (χ0v) is 7.26. The number of hydrogen-bond acceptors (Lipinski definition) is 4. The SMILES string of the molecule is N#CCC(O)C(O)c1ccc(F)cn1. The number of aliphatic hydroxyl groups excluding tert-OH is 2. The summed E-state index contributed by atoms with van der Waals surface area (Å²) in [6, 6.07) is 4.11. The molecule has 2 unspecified atom stereocenters.